The highest BCUT2D eigenvalue weighted by molar-refractivity contribution is 7.80. The summed E-state index contributed by atoms with van der Waals surface area (Å²) in [5.74, 6) is -2.83. The van der Waals surface area contributed by atoms with Gasteiger partial charge in [-0.25, -0.2) is 4.79 Å². The van der Waals surface area contributed by atoms with Crippen LogP contribution in [0.3, 0.4) is 0 Å². The number of nitrogens with two attached hydrogens (primary N) is 1. The number of aromatic nitrogens is 2. The molecular formula is C17H31N6O11P3. The molecule has 0 radical (unpaired) electrons. The molecule has 1 aromatic heterocycles. The van der Waals surface area contributed by atoms with Crippen LogP contribution in [0.25, 0.3) is 10.4 Å². The third kappa shape index (κ3) is 9.58. The maximum atomic E-state index is 13.1. The van der Waals surface area contributed by atoms with Crippen LogP contribution in [0.1, 0.15) is 37.5 Å². The highest BCUT2D eigenvalue weighted by Gasteiger charge is 2.42. The molecule has 1 aliphatic rings. The van der Waals surface area contributed by atoms with Crippen LogP contribution in [0.2, 0.25) is 0 Å². The monoisotopic (exact) mass is 588 g/mol. The van der Waals surface area contributed by atoms with E-state index in [0.29, 0.717) is 19.4 Å². The molecule has 6 N–H and O–H groups in total. The zero-order valence-electron chi connectivity index (χ0n) is 20.0. The van der Waals surface area contributed by atoms with Gasteiger partial charge in [0.15, 0.2) is 0 Å². The summed E-state index contributed by atoms with van der Waals surface area (Å²) in [6, 6.07) is -0.995. The predicted octanol–water partition coefficient (Wildman–Crippen LogP) is 0.979. The molecule has 17 nitrogen and oxygen atoms in total. The number of unbranched alkanes of at least 4 members (excludes halogenated alkanes) is 2. The standard InChI is InChI=1S/C17H31N6O11P3/c1-12-8-23(17(25)22(16(12)24)6-4-2-3-5-18)15-7-13(20-21-19)14(34-15)9-33-35(26,10-36(27,28)29)11-37(30,31)32/h8,13-15H,2-7,9-11,18H2,1H3,(H2,27,28,29)(H2,30,31,32)/t13-,14+,15+/m0/s1. The van der Waals surface area contributed by atoms with E-state index < -0.39 is 70.6 Å². The summed E-state index contributed by atoms with van der Waals surface area (Å²) in [5.41, 5.74) is 13.5. The van der Waals surface area contributed by atoms with E-state index in [-0.39, 0.29) is 18.5 Å². The maximum absolute atomic E-state index is 13.1. The van der Waals surface area contributed by atoms with Crippen LogP contribution in [-0.4, -0.2) is 65.8 Å². The lowest BCUT2D eigenvalue weighted by molar-refractivity contribution is -0.0226. The summed E-state index contributed by atoms with van der Waals surface area (Å²) in [6.45, 7) is 1.42. The molecule has 0 saturated carbocycles. The van der Waals surface area contributed by atoms with Crippen molar-refractivity contribution in [3.63, 3.8) is 0 Å². The van der Waals surface area contributed by atoms with Crippen molar-refractivity contribution >= 4 is 22.6 Å². The Kier molecular flexibility index (Phi) is 11.1. The molecule has 1 fully saturated rings. The topological polar surface area (TPSA) is 269 Å². The average Bonchev–Trinajstić information content (AvgIpc) is 3.14. The summed E-state index contributed by atoms with van der Waals surface area (Å²) in [4.78, 5) is 65.1. The molecule has 0 spiro atoms. The second-order valence-corrected chi connectivity index (χ2v) is 15.5. The second-order valence-electron chi connectivity index (χ2n) is 8.67. The summed E-state index contributed by atoms with van der Waals surface area (Å²) in [5, 5.41) is 3.58. The van der Waals surface area contributed by atoms with Crippen LogP contribution in [0.15, 0.2) is 20.9 Å². The largest absolute Gasteiger partial charge is 0.352 e. The quantitative estimate of drug-likeness (QED) is 0.0669. The molecule has 37 heavy (non-hydrogen) atoms. The fourth-order valence-electron chi connectivity index (χ4n) is 3.87. The number of ether oxygens (including phenoxy) is 1. The van der Waals surface area contributed by atoms with Gasteiger partial charge in [0.25, 0.3) is 5.56 Å². The SMILES string of the molecule is Cc1cn([C@H]2C[C@H](N=[N+]=[N-])[C@@H](COP(=O)(CP(=O)(O)O)CP(=O)(O)O)O2)c(=O)n(CCCCCN)c1=O. The van der Waals surface area contributed by atoms with Crippen LogP contribution < -0.4 is 17.0 Å². The average molecular weight is 588 g/mol. The molecule has 20 heteroatoms. The maximum Gasteiger partial charge on any atom is 0.335 e. The molecule has 0 bridgehead atoms. The minimum absolute atomic E-state index is 0.0654. The lowest BCUT2D eigenvalue weighted by Crippen LogP contribution is -2.42. The van der Waals surface area contributed by atoms with Gasteiger partial charge in [-0.3, -0.25) is 27.6 Å². The second kappa shape index (κ2) is 13.0. The molecule has 0 unspecified atom stereocenters. The third-order valence-electron chi connectivity index (χ3n) is 5.44. The van der Waals surface area contributed by atoms with E-state index >= 15 is 0 Å². The van der Waals surface area contributed by atoms with E-state index in [1.807, 2.05) is 0 Å². The van der Waals surface area contributed by atoms with E-state index in [4.69, 9.17) is 20.5 Å². The van der Waals surface area contributed by atoms with Crippen LogP contribution in [0.4, 0.5) is 0 Å². The predicted molar refractivity (Wildman–Crippen MR) is 131 cm³/mol. The zero-order chi connectivity index (χ0) is 28.0. The molecule has 0 amide bonds. The van der Waals surface area contributed by atoms with Gasteiger partial charge in [-0.2, -0.15) is 0 Å². The first-order valence-electron chi connectivity index (χ1n) is 11.1. The Bertz CT molecular complexity index is 1240. The van der Waals surface area contributed by atoms with Crippen molar-refractivity contribution in [1.29, 1.82) is 0 Å². The summed E-state index contributed by atoms with van der Waals surface area (Å²) >= 11 is 0. The van der Waals surface area contributed by atoms with Gasteiger partial charge in [0, 0.05) is 29.6 Å². The number of rotatable bonds is 14. The van der Waals surface area contributed by atoms with Gasteiger partial charge < -0.3 is 34.6 Å². The molecule has 1 saturated heterocycles. The zero-order valence-corrected chi connectivity index (χ0v) is 22.7. The minimum Gasteiger partial charge on any atom is -0.352 e. The fraction of sp³-hybridized carbons (Fsp3) is 0.765. The van der Waals surface area contributed by atoms with Crippen LogP contribution in [0.5, 0.6) is 0 Å². The first-order chi connectivity index (χ1) is 17.1. The Morgan fingerprint density at radius 1 is 1.16 bits per heavy atom. The summed E-state index contributed by atoms with van der Waals surface area (Å²) in [6.07, 6.45) is 0.961. The Morgan fingerprint density at radius 3 is 2.32 bits per heavy atom. The highest BCUT2D eigenvalue weighted by Crippen LogP contribution is 2.64. The molecule has 3 atom stereocenters. The number of nitrogens with zero attached hydrogens (tertiary/aromatic N) is 5. The molecule has 2 rings (SSSR count). The van der Waals surface area contributed by atoms with Gasteiger partial charge in [0.05, 0.1) is 18.8 Å². The smallest absolute Gasteiger partial charge is 0.335 e. The van der Waals surface area contributed by atoms with Crippen molar-refractivity contribution in [1.82, 2.24) is 9.13 Å². The molecule has 1 aliphatic heterocycles. The van der Waals surface area contributed by atoms with E-state index in [0.717, 1.165) is 15.6 Å². The first-order valence-corrected chi connectivity index (χ1v) is 16.7. The van der Waals surface area contributed by atoms with Crippen molar-refractivity contribution < 1.29 is 42.5 Å². The lowest BCUT2D eigenvalue weighted by atomic mass is 10.1. The Labute approximate surface area is 211 Å². The van der Waals surface area contributed by atoms with E-state index in [2.05, 4.69) is 10.0 Å². The van der Waals surface area contributed by atoms with Crippen molar-refractivity contribution in [3.05, 3.63) is 43.0 Å². The number of hydrogen-bond donors (Lipinski definition) is 5. The molecule has 1 aromatic rings. The molecular weight excluding hydrogens is 557 g/mol. The molecule has 0 aliphatic carbocycles. The molecule has 0 aromatic carbocycles. The van der Waals surface area contributed by atoms with Gasteiger partial charge in [-0.05, 0) is 31.8 Å². The molecule has 2 heterocycles. The van der Waals surface area contributed by atoms with Gasteiger partial charge in [0.1, 0.15) is 18.0 Å². The van der Waals surface area contributed by atoms with E-state index in [1.54, 1.807) is 0 Å². The van der Waals surface area contributed by atoms with Crippen LogP contribution >= 0.6 is 22.6 Å². The number of aryl methyl sites for hydroxylation is 1. The van der Waals surface area contributed by atoms with Gasteiger partial charge in [-0.1, -0.05) is 11.5 Å². The first kappa shape index (κ1) is 31.6. The normalized spacial score (nSPS) is 20.6. The highest BCUT2D eigenvalue weighted by atomic mass is 31.3. The summed E-state index contributed by atoms with van der Waals surface area (Å²) in [7, 11) is -14.6. The van der Waals surface area contributed by atoms with Crippen molar-refractivity contribution in [3.8, 4) is 0 Å². The van der Waals surface area contributed by atoms with Crippen LogP contribution in [0, 0.1) is 6.92 Å². The van der Waals surface area contributed by atoms with Crippen molar-refractivity contribution in [2.45, 2.75) is 57.5 Å². The third-order valence-corrected chi connectivity index (χ3v) is 12.5. The lowest BCUT2D eigenvalue weighted by Gasteiger charge is -2.23. The van der Waals surface area contributed by atoms with Gasteiger partial charge >= 0.3 is 20.9 Å². The van der Waals surface area contributed by atoms with E-state index in [9.17, 15) is 42.9 Å². The van der Waals surface area contributed by atoms with Crippen molar-refractivity contribution in [2.75, 3.05) is 25.0 Å². The van der Waals surface area contributed by atoms with Gasteiger partial charge in [-0.15, -0.1) is 0 Å². The number of azide groups is 1. The Balaban J connectivity index is 2.31. The van der Waals surface area contributed by atoms with Gasteiger partial charge in [0.2, 0.25) is 7.37 Å². The molecule has 210 valence electrons. The minimum atomic E-state index is -5.00. The number of hydrogen-bond acceptors (Lipinski definition) is 9. The fourth-order valence-corrected chi connectivity index (χ4v) is 10.6. The van der Waals surface area contributed by atoms with E-state index in [1.165, 1.54) is 13.1 Å². The summed E-state index contributed by atoms with van der Waals surface area (Å²) < 4.78 is 48.7. The Morgan fingerprint density at radius 2 is 1.78 bits per heavy atom. The van der Waals surface area contributed by atoms with Crippen LogP contribution in [-0.2, 0) is 29.5 Å². The Hall–Kier alpha value is -1.60. The van der Waals surface area contributed by atoms with Crippen molar-refractivity contribution in [2.24, 2.45) is 10.8 Å².